The van der Waals surface area contributed by atoms with Crippen LogP contribution < -0.4 is 0 Å². The Bertz CT molecular complexity index is 683. The highest BCUT2D eigenvalue weighted by molar-refractivity contribution is 5.13. The van der Waals surface area contributed by atoms with Crippen molar-refractivity contribution in [2.75, 3.05) is 0 Å². The third-order valence-electron chi connectivity index (χ3n) is 2.80. The Balaban J connectivity index is -0.0000000616. The van der Waals surface area contributed by atoms with Gasteiger partial charge in [-0.25, -0.2) is 13.2 Å². The molecule has 0 unspecified atom stereocenters. The zero-order valence-corrected chi connectivity index (χ0v) is 27.8. The van der Waals surface area contributed by atoms with Gasteiger partial charge in [-0.1, -0.05) is 82.5 Å². The fourth-order valence-electron chi connectivity index (χ4n) is 1.10. The first-order valence-corrected chi connectivity index (χ1v) is 13.2. The van der Waals surface area contributed by atoms with Crippen molar-refractivity contribution in [2.45, 2.75) is 118 Å². The van der Waals surface area contributed by atoms with E-state index in [1.807, 2.05) is 104 Å². The van der Waals surface area contributed by atoms with Gasteiger partial charge in [0.05, 0.1) is 11.7 Å². The molecule has 0 nitrogen and oxygen atoms in total. The van der Waals surface area contributed by atoms with Gasteiger partial charge in [0.2, 0.25) is 0 Å². The van der Waals surface area contributed by atoms with Gasteiger partial charge in [-0.3, -0.25) is 0 Å². The lowest BCUT2D eigenvalue weighted by Crippen LogP contribution is -1.71. The SMILES string of the molecule is CC.CC.CC.CC#CC.CC#CC.CC(C)=C/C=C(\C)F.CC(C)=C/C=C(\C)F.Cc1ccc(F)cc1. The minimum absolute atomic E-state index is 0.147. The van der Waals surface area contributed by atoms with E-state index in [0.717, 1.165) is 16.7 Å². The van der Waals surface area contributed by atoms with Gasteiger partial charge in [0, 0.05) is 0 Å². The van der Waals surface area contributed by atoms with Crippen molar-refractivity contribution in [3.05, 3.63) is 82.8 Å². The third-order valence-corrected chi connectivity index (χ3v) is 2.80. The molecule has 0 aromatic heterocycles. The Morgan fingerprint density at radius 3 is 0.868 bits per heavy atom. The minimum atomic E-state index is -0.171. The van der Waals surface area contributed by atoms with E-state index in [9.17, 15) is 13.2 Å². The van der Waals surface area contributed by atoms with Gasteiger partial charge in [0.25, 0.3) is 0 Å². The minimum Gasteiger partial charge on any atom is -0.212 e. The van der Waals surface area contributed by atoms with Crippen molar-refractivity contribution in [3.63, 3.8) is 0 Å². The molecule has 1 aromatic rings. The van der Waals surface area contributed by atoms with Crippen LogP contribution in [0.5, 0.6) is 0 Å². The molecule has 0 fully saturated rings. The Hall–Kier alpha value is -2.91. The molecular formula is C35H59F3. The summed E-state index contributed by atoms with van der Waals surface area (Å²) in [5, 5.41) is 0. The van der Waals surface area contributed by atoms with Crippen LogP contribution in [-0.2, 0) is 0 Å². The van der Waals surface area contributed by atoms with Gasteiger partial charge < -0.3 is 0 Å². The highest BCUT2D eigenvalue weighted by Crippen LogP contribution is 1.99. The summed E-state index contributed by atoms with van der Waals surface area (Å²) in [5.41, 5.74) is 3.32. The van der Waals surface area contributed by atoms with Crippen molar-refractivity contribution in [2.24, 2.45) is 0 Å². The number of hydrogen-bond acceptors (Lipinski definition) is 0. The van der Waals surface area contributed by atoms with Gasteiger partial charge in [-0.05, 0) is 100 Å². The Kier molecular flexibility index (Phi) is 69.2. The average molecular weight is 537 g/mol. The van der Waals surface area contributed by atoms with Crippen molar-refractivity contribution in [3.8, 4) is 23.7 Å². The maximum atomic E-state index is 12.1. The summed E-state index contributed by atoms with van der Waals surface area (Å²) in [4.78, 5) is 0. The molecule has 0 aliphatic carbocycles. The van der Waals surface area contributed by atoms with Crippen LogP contribution in [0.15, 0.2) is 71.4 Å². The Morgan fingerprint density at radius 1 is 0.526 bits per heavy atom. The second-order valence-corrected chi connectivity index (χ2v) is 6.79. The summed E-state index contributed by atoms with van der Waals surface area (Å²) in [5.74, 6) is 10.3. The molecule has 0 aliphatic rings. The largest absolute Gasteiger partial charge is 0.212 e. The van der Waals surface area contributed by atoms with E-state index in [2.05, 4.69) is 23.7 Å². The topological polar surface area (TPSA) is 0 Å². The molecule has 0 saturated carbocycles. The first-order valence-electron chi connectivity index (χ1n) is 13.2. The van der Waals surface area contributed by atoms with E-state index in [4.69, 9.17) is 0 Å². The number of rotatable bonds is 2. The van der Waals surface area contributed by atoms with Crippen molar-refractivity contribution < 1.29 is 13.2 Å². The predicted octanol–water partition coefficient (Wildman–Crippen LogP) is 12.9. The third kappa shape index (κ3) is 93.5. The summed E-state index contributed by atoms with van der Waals surface area (Å²) >= 11 is 0. The van der Waals surface area contributed by atoms with Crippen LogP contribution >= 0.6 is 0 Å². The number of benzene rings is 1. The number of allylic oxidation sites excluding steroid dienone is 8. The van der Waals surface area contributed by atoms with E-state index in [1.54, 1.807) is 24.3 Å². The highest BCUT2D eigenvalue weighted by Gasteiger charge is 1.83. The van der Waals surface area contributed by atoms with Gasteiger partial charge in [-0.2, -0.15) is 0 Å². The maximum absolute atomic E-state index is 12.1. The molecule has 1 rings (SSSR count). The van der Waals surface area contributed by atoms with Gasteiger partial charge >= 0.3 is 0 Å². The molecule has 38 heavy (non-hydrogen) atoms. The van der Waals surface area contributed by atoms with E-state index >= 15 is 0 Å². The number of hydrogen-bond donors (Lipinski definition) is 0. The van der Waals surface area contributed by atoms with Crippen LogP contribution in [-0.4, -0.2) is 0 Å². The normalized spacial score (nSPS) is 7.89. The molecule has 0 spiro atoms. The average Bonchev–Trinajstić information content (AvgIpc) is 2.92. The fourth-order valence-corrected chi connectivity index (χ4v) is 1.10. The van der Waals surface area contributed by atoms with Crippen LogP contribution in [0.1, 0.15) is 116 Å². The lowest BCUT2D eigenvalue weighted by molar-refractivity contribution is 0.627. The van der Waals surface area contributed by atoms with E-state index in [-0.39, 0.29) is 17.5 Å². The Labute approximate surface area is 237 Å². The maximum Gasteiger partial charge on any atom is 0.123 e. The van der Waals surface area contributed by atoms with E-state index in [1.165, 1.54) is 38.1 Å². The molecule has 0 aliphatic heterocycles. The van der Waals surface area contributed by atoms with Crippen LogP contribution in [0.4, 0.5) is 13.2 Å². The molecule has 0 bridgehead atoms. The quantitative estimate of drug-likeness (QED) is 0.260. The summed E-state index contributed by atoms with van der Waals surface area (Å²) in [6.07, 6.45) is 6.40. The summed E-state index contributed by atoms with van der Waals surface area (Å²) < 4.78 is 35.8. The number of aryl methyl sites for hydroxylation is 1. The fraction of sp³-hybridized carbons (Fsp3) is 0.486. The van der Waals surface area contributed by atoms with Gasteiger partial charge in [0.15, 0.2) is 0 Å². The molecule has 0 saturated heterocycles. The lowest BCUT2D eigenvalue weighted by Gasteiger charge is -1.87. The van der Waals surface area contributed by atoms with Crippen molar-refractivity contribution in [1.29, 1.82) is 0 Å². The summed E-state index contributed by atoms with van der Waals surface area (Å²) in [6, 6.07) is 6.40. The second kappa shape index (κ2) is 50.9. The number of halogens is 3. The zero-order valence-electron chi connectivity index (χ0n) is 27.8. The van der Waals surface area contributed by atoms with Gasteiger partial charge in [0.1, 0.15) is 5.82 Å². The molecule has 0 N–H and O–H groups in total. The standard InChI is InChI=1S/C7H7F.2C7H11F.2C4H6.3C2H6/c1-6-2-4-7(8)5-3-6;2*1-6(2)4-5-7(3)8;2*1-3-4-2;3*1-2/h2-5H,1H3;2*4-5H,1-3H3;2*1-2H3;3*1-2H3/b;2*7-5+;;;;;. The zero-order chi connectivity index (χ0) is 31.9. The Morgan fingerprint density at radius 2 is 0.763 bits per heavy atom. The molecule has 0 heterocycles. The molecule has 3 heteroatoms. The monoisotopic (exact) mass is 536 g/mol. The molecule has 0 atom stereocenters. The van der Waals surface area contributed by atoms with Crippen molar-refractivity contribution in [1.82, 2.24) is 0 Å². The van der Waals surface area contributed by atoms with Crippen LogP contribution in [0.25, 0.3) is 0 Å². The highest BCUT2D eigenvalue weighted by atomic mass is 19.1. The predicted molar refractivity (Wildman–Crippen MR) is 172 cm³/mol. The molecule has 220 valence electrons. The van der Waals surface area contributed by atoms with Gasteiger partial charge in [-0.15, -0.1) is 23.7 Å². The van der Waals surface area contributed by atoms with Crippen molar-refractivity contribution >= 4 is 0 Å². The van der Waals surface area contributed by atoms with E-state index in [0.29, 0.717) is 0 Å². The molecule has 0 radical (unpaired) electrons. The smallest absolute Gasteiger partial charge is 0.123 e. The molecule has 1 aromatic carbocycles. The summed E-state index contributed by atoms with van der Waals surface area (Å²) in [6.45, 7) is 31.8. The second-order valence-electron chi connectivity index (χ2n) is 6.79. The van der Waals surface area contributed by atoms with Crippen LogP contribution in [0.3, 0.4) is 0 Å². The first-order chi connectivity index (χ1) is 17.9. The van der Waals surface area contributed by atoms with Crippen LogP contribution in [0.2, 0.25) is 0 Å². The van der Waals surface area contributed by atoms with E-state index < -0.39 is 0 Å². The van der Waals surface area contributed by atoms with Crippen LogP contribution in [0, 0.1) is 36.4 Å². The lowest BCUT2D eigenvalue weighted by atomic mass is 10.2. The molecule has 0 amide bonds. The molecular weight excluding hydrogens is 477 g/mol. The first kappa shape index (κ1) is 51.7. The summed E-state index contributed by atoms with van der Waals surface area (Å²) in [7, 11) is 0.